The summed E-state index contributed by atoms with van der Waals surface area (Å²) >= 11 is 1.59. The number of nitrogens with two attached hydrogens (primary N) is 2. The van der Waals surface area contributed by atoms with Gasteiger partial charge in [0.05, 0.1) is 58.7 Å². The number of ether oxygens (including phenoxy) is 1. The lowest BCUT2D eigenvalue weighted by molar-refractivity contribution is -0.143. The van der Waals surface area contributed by atoms with Gasteiger partial charge in [-0.25, -0.2) is 4.98 Å². The number of carboxylic acid groups (broad SMARTS) is 1. The second kappa shape index (κ2) is 27.3. The molecular formula is C59H78N6O10S. The van der Waals surface area contributed by atoms with Crippen molar-refractivity contribution in [3.05, 3.63) is 106 Å². The number of hydrogen-bond donors (Lipinski definition) is 5. The summed E-state index contributed by atoms with van der Waals surface area (Å²) in [5.74, 6) is -2.50. The number of unbranched alkanes of at least 4 members (excludes halogenated alkanes) is 3. The van der Waals surface area contributed by atoms with Gasteiger partial charge in [-0.1, -0.05) is 100 Å². The molecule has 7 rings (SSSR count). The third-order valence-corrected chi connectivity index (χ3v) is 15.8. The van der Waals surface area contributed by atoms with Crippen LogP contribution in [0.4, 0.5) is 5.69 Å². The number of Topliss-reactive ketones (excluding diaryl/α,β-unsaturated/α-hetero) is 2. The summed E-state index contributed by atoms with van der Waals surface area (Å²) in [6.07, 6.45) is 6.63. The van der Waals surface area contributed by atoms with E-state index in [4.69, 9.17) is 26.1 Å². The van der Waals surface area contributed by atoms with Gasteiger partial charge < -0.3 is 36.6 Å². The summed E-state index contributed by atoms with van der Waals surface area (Å²) in [7, 11) is 0. The number of aliphatic carboxylic acids is 1. The van der Waals surface area contributed by atoms with Crippen molar-refractivity contribution >= 4 is 58.2 Å². The molecule has 1 saturated heterocycles. The van der Waals surface area contributed by atoms with Crippen LogP contribution in [-0.4, -0.2) is 104 Å². The molecule has 76 heavy (non-hydrogen) atoms. The van der Waals surface area contributed by atoms with Gasteiger partial charge in [-0.3, -0.25) is 38.5 Å². The molecule has 17 heteroatoms. The minimum Gasteiger partial charge on any atom is -0.481 e. The molecule has 3 aromatic carbocycles. The highest BCUT2D eigenvalue weighted by Gasteiger charge is 2.45. The van der Waals surface area contributed by atoms with Crippen LogP contribution in [0.3, 0.4) is 0 Å². The van der Waals surface area contributed by atoms with Gasteiger partial charge in [0, 0.05) is 52.0 Å². The van der Waals surface area contributed by atoms with Gasteiger partial charge in [0.1, 0.15) is 6.04 Å². The molecule has 1 fully saturated rings. The Kier molecular flexibility index (Phi) is 21.2. The number of rotatable bonds is 24. The largest absolute Gasteiger partial charge is 0.481 e. The number of amides is 4. The number of aliphatic hydroxyl groups is 1. The van der Waals surface area contributed by atoms with E-state index < -0.39 is 47.6 Å². The molecule has 3 aliphatic rings. The van der Waals surface area contributed by atoms with E-state index in [1.807, 2.05) is 94.7 Å². The molecule has 410 valence electrons. The molecule has 7 N–H and O–H groups in total. The van der Waals surface area contributed by atoms with Gasteiger partial charge in [-0.15, -0.1) is 11.3 Å². The summed E-state index contributed by atoms with van der Waals surface area (Å²) in [6.45, 7) is 11.1. The normalized spacial score (nSPS) is 19.2. The van der Waals surface area contributed by atoms with Crippen molar-refractivity contribution in [1.82, 2.24) is 15.2 Å². The fourth-order valence-corrected chi connectivity index (χ4v) is 11.3. The highest BCUT2D eigenvalue weighted by molar-refractivity contribution is 7.13. The predicted octanol–water partition coefficient (Wildman–Crippen LogP) is 7.37. The third kappa shape index (κ3) is 16.2. The van der Waals surface area contributed by atoms with Crippen LogP contribution < -0.4 is 21.7 Å². The molecule has 3 aliphatic heterocycles. The number of nitrogens with zero attached hydrogens (tertiary/aromatic N) is 3. The number of aryl methyl sites for hydroxylation is 4. The molecule has 4 amide bonds. The topological polar surface area (TPSA) is 253 Å². The molecule has 0 unspecified atom stereocenters. The first-order valence-electron chi connectivity index (χ1n) is 26.8. The summed E-state index contributed by atoms with van der Waals surface area (Å²) in [6, 6.07) is 19.4. The van der Waals surface area contributed by atoms with Crippen molar-refractivity contribution in [3.8, 4) is 10.4 Å². The zero-order valence-electron chi connectivity index (χ0n) is 45.1. The maximum atomic E-state index is 14.1. The van der Waals surface area contributed by atoms with E-state index in [0.29, 0.717) is 45.1 Å². The van der Waals surface area contributed by atoms with Gasteiger partial charge in [0.2, 0.25) is 23.6 Å². The van der Waals surface area contributed by atoms with Gasteiger partial charge >= 0.3 is 0 Å². The predicted molar refractivity (Wildman–Crippen MR) is 293 cm³/mol. The number of primary amides is 1. The third-order valence-electron chi connectivity index (χ3n) is 14.8. The molecule has 4 aromatic rings. The van der Waals surface area contributed by atoms with E-state index in [-0.39, 0.29) is 80.0 Å². The van der Waals surface area contributed by atoms with Gasteiger partial charge in [-0.2, -0.15) is 0 Å². The van der Waals surface area contributed by atoms with Crippen LogP contribution in [0.25, 0.3) is 10.4 Å². The zero-order valence-corrected chi connectivity index (χ0v) is 45.9. The number of anilines is 1. The van der Waals surface area contributed by atoms with Crippen LogP contribution in [0.5, 0.6) is 0 Å². The number of nitrogens with one attached hydrogen (secondary N) is 1. The highest BCUT2D eigenvalue weighted by atomic mass is 32.1. The number of carbonyl (C=O) groups excluding carboxylic acids is 6. The van der Waals surface area contributed by atoms with Crippen LogP contribution in [0, 0.1) is 18.3 Å². The number of carboxylic acids is 1. The van der Waals surface area contributed by atoms with Crippen molar-refractivity contribution < 1.29 is 48.5 Å². The van der Waals surface area contributed by atoms with Gasteiger partial charge in [-0.05, 0) is 104 Å². The number of hydrogen-bond acceptors (Lipinski definition) is 12. The first kappa shape index (κ1) is 59.1. The molecule has 16 nitrogen and oxygen atoms in total. The van der Waals surface area contributed by atoms with Crippen molar-refractivity contribution in [3.63, 3.8) is 0 Å². The number of thiazole rings is 1. The Bertz CT molecular complexity index is 2660. The van der Waals surface area contributed by atoms with E-state index in [9.17, 15) is 33.9 Å². The first-order valence-corrected chi connectivity index (χ1v) is 27.7. The standard InChI is InChI=1S/C57H74N6O8S.C2H4O2/c1-35-53(72-34-60-35)41-22-19-38(20-23-41)21-27-48(65)46-31-44(64)32-62(46)56(70)54(57(3,4)5)61-51(68)14-9-7-6-8-11-37-15-17-39(18-16-37)33-71-36(2)42(25-28-50(59)67)30-49(66)47-29-43-13-10-12-40-24-26-45(58)55(69)63(47)52(40)43;1-2(3)4/h10,12-13,15-20,22-23,34,36,42,44-47,54,64H,6-9,11,14,21,24-33,58H2,1-5H3,(H2,59,67)(H,61,68);1H3,(H,3,4)/t36-,42-,44-,45+,46+,47+,54-;/m1./s1. The Morgan fingerprint density at radius 3 is 2.17 bits per heavy atom. The monoisotopic (exact) mass is 1060 g/mol. The average Bonchev–Trinajstić information content (AvgIpc) is 4.14. The number of benzene rings is 3. The van der Waals surface area contributed by atoms with E-state index in [1.165, 1.54) is 10.5 Å². The lowest BCUT2D eigenvalue weighted by Gasteiger charge is -2.35. The first-order chi connectivity index (χ1) is 36.1. The van der Waals surface area contributed by atoms with Crippen LogP contribution in [-0.2, 0) is 70.6 Å². The van der Waals surface area contributed by atoms with E-state index >= 15 is 0 Å². The maximum Gasteiger partial charge on any atom is 0.300 e. The Labute approximate surface area is 451 Å². The fraction of sp³-hybridized carbons (Fsp3) is 0.525. The SMILES string of the molecule is CC(=O)O.Cc1ncsc1-c1ccc(CCC(=O)[C@@H]2C[C@@H](O)CN2C(=O)[C@@H](NC(=O)CCCCCCc2ccc(CO[C@H](C)[C@H](CCC(N)=O)CC(=O)[C@@H]3Cc4cccc5c4N3C(=O)[C@@H](N)CC5)cc2)C(C)(C)C)cc1. The second-order valence-corrected chi connectivity index (χ2v) is 22.7. The molecule has 0 bridgehead atoms. The Balaban J connectivity index is 0.00000226. The summed E-state index contributed by atoms with van der Waals surface area (Å²) < 4.78 is 6.33. The second-order valence-electron chi connectivity index (χ2n) is 21.9. The van der Waals surface area contributed by atoms with E-state index in [1.54, 1.807) is 16.2 Å². The molecule has 0 radical (unpaired) electrons. The summed E-state index contributed by atoms with van der Waals surface area (Å²) in [5.41, 5.74) is 21.1. The van der Waals surface area contributed by atoms with Gasteiger partial charge in [0.25, 0.3) is 5.97 Å². The molecule has 0 saturated carbocycles. The van der Waals surface area contributed by atoms with Crippen molar-refractivity contribution in [2.24, 2.45) is 22.8 Å². The Morgan fingerprint density at radius 1 is 0.868 bits per heavy atom. The van der Waals surface area contributed by atoms with Crippen LogP contribution in [0.2, 0.25) is 0 Å². The fourth-order valence-electron chi connectivity index (χ4n) is 10.5. The molecule has 1 aromatic heterocycles. The van der Waals surface area contributed by atoms with Gasteiger partial charge in [0.15, 0.2) is 11.6 Å². The molecule has 0 aliphatic carbocycles. The van der Waals surface area contributed by atoms with Crippen LogP contribution in [0.1, 0.15) is 139 Å². The van der Waals surface area contributed by atoms with Crippen LogP contribution in [0.15, 0.2) is 72.2 Å². The lowest BCUT2D eigenvalue weighted by atomic mass is 9.85. The van der Waals surface area contributed by atoms with E-state index in [0.717, 1.165) is 76.7 Å². The van der Waals surface area contributed by atoms with Crippen molar-refractivity contribution in [2.45, 2.75) is 181 Å². The van der Waals surface area contributed by atoms with Crippen molar-refractivity contribution in [1.29, 1.82) is 0 Å². The average molecular weight is 1060 g/mol. The molecular weight excluding hydrogens is 985 g/mol. The van der Waals surface area contributed by atoms with Crippen molar-refractivity contribution in [2.75, 3.05) is 11.4 Å². The Hall–Kier alpha value is -6.14. The minimum absolute atomic E-state index is 0.0540. The molecule has 7 atom stereocenters. The number of aliphatic hydroxyl groups excluding tert-OH is 1. The number of ketones is 2. The molecule has 4 heterocycles. The highest BCUT2D eigenvalue weighted by Crippen LogP contribution is 2.40. The number of β-amino-alcohol motifs (C(OH)–C–C–N with tert-alkyl or cyclic N) is 1. The quantitative estimate of drug-likeness (QED) is 0.0431. The lowest BCUT2D eigenvalue weighted by Crippen LogP contribution is -2.56. The molecule has 0 spiro atoms. The number of carbonyl (C=O) groups is 7. The minimum atomic E-state index is -0.852. The van der Waals surface area contributed by atoms with E-state index in [2.05, 4.69) is 22.4 Å². The Morgan fingerprint density at radius 2 is 1.51 bits per heavy atom. The maximum absolute atomic E-state index is 14.1. The zero-order chi connectivity index (χ0) is 55.3. The number of para-hydroxylation sites is 1. The van der Waals surface area contributed by atoms with Crippen LogP contribution >= 0.6 is 11.3 Å². The number of likely N-dealkylation sites (tertiary alicyclic amines) is 1. The summed E-state index contributed by atoms with van der Waals surface area (Å²) in [5, 5.41) is 21.1. The smallest absolute Gasteiger partial charge is 0.300 e. The summed E-state index contributed by atoms with van der Waals surface area (Å²) in [4.78, 5) is 97.9. The number of aromatic nitrogens is 1.